The van der Waals surface area contributed by atoms with Gasteiger partial charge in [0.05, 0.1) is 0 Å². The Morgan fingerprint density at radius 3 is 1.50 bits per heavy atom. The second kappa shape index (κ2) is 9.73. The summed E-state index contributed by atoms with van der Waals surface area (Å²) in [4.78, 5) is 5.08. The summed E-state index contributed by atoms with van der Waals surface area (Å²) in [5.74, 6) is 0. The van der Waals surface area contributed by atoms with Gasteiger partial charge in [-0.25, -0.2) is 0 Å². The van der Waals surface area contributed by atoms with E-state index in [0.29, 0.717) is 0 Å². The molecule has 0 amide bonds. The summed E-state index contributed by atoms with van der Waals surface area (Å²) >= 11 is 0. The number of hydrogen-bond donors (Lipinski definition) is 0. The normalized spacial score (nSPS) is 14.7. The van der Waals surface area contributed by atoms with Gasteiger partial charge in [-0.3, -0.25) is 0 Å². The number of anilines is 4. The second-order valence-corrected chi connectivity index (χ2v) is 10.8. The lowest BCUT2D eigenvalue weighted by Crippen LogP contribution is -2.59. The zero-order valence-electron chi connectivity index (χ0n) is 23.0. The lowest BCUT2D eigenvalue weighted by molar-refractivity contribution is 0.646. The first kappa shape index (κ1) is 24.2. The Hall–Kier alpha value is -4.82. The highest BCUT2D eigenvalue weighted by Gasteiger charge is 2.52. The lowest BCUT2D eigenvalue weighted by Gasteiger charge is -2.56. The zero-order valence-corrected chi connectivity index (χ0v) is 23.0. The minimum atomic E-state index is -0.660. The van der Waals surface area contributed by atoms with Crippen LogP contribution in [0.15, 0.2) is 146 Å². The van der Waals surface area contributed by atoms with Crippen LogP contribution in [0.4, 0.5) is 22.7 Å². The molecule has 40 heavy (non-hydrogen) atoms. The first-order valence-corrected chi connectivity index (χ1v) is 14.0. The molecule has 0 saturated carbocycles. The van der Waals surface area contributed by atoms with Crippen LogP contribution in [0.5, 0.6) is 0 Å². The van der Waals surface area contributed by atoms with Crippen LogP contribution in [0.2, 0.25) is 0 Å². The third-order valence-electron chi connectivity index (χ3n) is 8.09. The third kappa shape index (κ3) is 3.79. The topological polar surface area (TPSA) is 6.48 Å². The fourth-order valence-electron chi connectivity index (χ4n) is 6.50. The quantitative estimate of drug-likeness (QED) is 0.164. The highest BCUT2D eigenvalue weighted by molar-refractivity contribution is 6.12. The van der Waals surface area contributed by atoms with Crippen molar-refractivity contribution in [1.29, 1.82) is 0 Å². The Kier molecular flexibility index (Phi) is 5.90. The molecule has 0 fully saturated rings. The molecule has 0 aliphatic heterocycles. The monoisotopic (exact) mass is 516 g/mol. The Balaban J connectivity index is 1.62. The van der Waals surface area contributed by atoms with E-state index in [4.69, 9.17) is 0 Å². The number of para-hydroxylation sites is 2. The van der Waals surface area contributed by atoms with E-state index in [9.17, 15) is 0 Å². The van der Waals surface area contributed by atoms with Crippen LogP contribution in [0.3, 0.4) is 0 Å². The Labute approximate surface area is 237 Å². The maximum atomic E-state index is 2.54. The van der Waals surface area contributed by atoms with E-state index in [1.807, 2.05) is 0 Å². The molecule has 2 nitrogen and oxygen atoms in total. The van der Waals surface area contributed by atoms with E-state index >= 15 is 0 Å². The van der Waals surface area contributed by atoms with Crippen LogP contribution < -0.4 is 9.80 Å². The molecule has 0 spiro atoms. The predicted octanol–water partition coefficient (Wildman–Crippen LogP) is 9.86. The van der Waals surface area contributed by atoms with E-state index < -0.39 is 5.66 Å². The summed E-state index contributed by atoms with van der Waals surface area (Å²) < 4.78 is 0. The molecule has 2 aliphatic rings. The van der Waals surface area contributed by atoms with E-state index in [1.54, 1.807) is 0 Å². The SMILES string of the molecule is Cc1cccc(N(c2ccccc2)C2(N(c3ccccc3)c3cccc(C)c3)C=CCC3=C2c2ccccc23)c1. The molecule has 0 radical (unpaired) electrons. The molecule has 0 N–H and O–H groups in total. The first-order valence-electron chi connectivity index (χ1n) is 14.0. The lowest BCUT2D eigenvalue weighted by atomic mass is 9.68. The number of fused-ring (bicyclic) bond motifs is 3. The standard InChI is InChI=1S/C38H32N2/c1-28-14-11-20-32(26-28)39(30-16-5-3-6-17-30)38(25-13-24-36-34-22-9-10-23-35(34)37(36)38)40(31-18-7-4-8-19-31)33-21-12-15-29(2)27-33/h3-23,25-27H,24H2,1-2H3. The average Bonchev–Trinajstić information content (AvgIpc) is 2.97. The van der Waals surface area contributed by atoms with Crippen LogP contribution in [0, 0.1) is 13.8 Å². The van der Waals surface area contributed by atoms with Crippen molar-refractivity contribution >= 4 is 33.9 Å². The zero-order chi connectivity index (χ0) is 27.1. The summed E-state index contributed by atoms with van der Waals surface area (Å²) in [6, 6.07) is 48.4. The van der Waals surface area contributed by atoms with Crippen LogP contribution in [-0.2, 0) is 0 Å². The fourth-order valence-corrected chi connectivity index (χ4v) is 6.50. The third-order valence-corrected chi connectivity index (χ3v) is 8.09. The van der Waals surface area contributed by atoms with Gasteiger partial charge in [-0.2, -0.15) is 0 Å². The van der Waals surface area contributed by atoms with Gasteiger partial charge in [0, 0.05) is 28.3 Å². The van der Waals surface area contributed by atoms with Crippen LogP contribution in [0.1, 0.15) is 28.7 Å². The molecule has 0 bridgehead atoms. The van der Waals surface area contributed by atoms with Crippen molar-refractivity contribution in [3.05, 3.63) is 168 Å². The van der Waals surface area contributed by atoms with Gasteiger partial charge in [0.25, 0.3) is 0 Å². The molecule has 0 unspecified atom stereocenters. The minimum absolute atomic E-state index is 0.660. The molecule has 5 aromatic carbocycles. The van der Waals surface area contributed by atoms with Crippen LogP contribution >= 0.6 is 0 Å². The molecule has 7 rings (SSSR count). The summed E-state index contributed by atoms with van der Waals surface area (Å²) in [5.41, 5.74) is 11.9. The van der Waals surface area contributed by atoms with Crippen molar-refractivity contribution in [2.24, 2.45) is 0 Å². The molecule has 0 aromatic heterocycles. The van der Waals surface area contributed by atoms with Crippen LogP contribution in [-0.4, -0.2) is 5.66 Å². The van der Waals surface area contributed by atoms with Crippen molar-refractivity contribution in [1.82, 2.24) is 0 Å². The molecule has 2 aliphatic carbocycles. The van der Waals surface area contributed by atoms with Crippen molar-refractivity contribution in [3.63, 3.8) is 0 Å². The van der Waals surface area contributed by atoms with Crippen molar-refractivity contribution < 1.29 is 0 Å². The fraction of sp³-hybridized carbons (Fsp3) is 0.105. The predicted molar refractivity (Wildman–Crippen MR) is 169 cm³/mol. The van der Waals surface area contributed by atoms with Gasteiger partial charge in [0.15, 0.2) is 5.66 Å². The van der Waals surface area contributed by atoms with E-state index in [-0.39, 0.29) is 0 Å². The number of aryl methyl sites for hydroxylation is 2. The maximum Gasteiger partial charge on any atom is 0.168 e. The van der Waals surface area contributed by atoms with Gasteiger partial charge in [-0.15, -0.1) is 0 Å². The molecule has 0 heterocycles. The van der Waals surface area contributed by atoms with Gasteiger partial charge < -0.3 is 9.80 Å². The van der Waals surface area contributed by atoms with Gasteiger partial charge in [-0.05, 0) is 103 Å². The highest BCUT2D eigenvalue weighted by Crippen LogP contribution is 2.58. The van der Waals surface area contributed by atoms with E-state index in [1.165, 1.54) is 33.4 Å². The van der Waals surface area contributed by atoms with Crippen LogP contribution in [0.25, 0.3) is 11.1 Å². The summed E-state index contributed by atoms with van der Waals surface area (Å²) in [6.45, 7) is 4.35. The smallest absolute Gasteiger partial charge is 0.168 e. The number of benzene rings is 5. The number of nitrogens with zero attached hydrogens (tertiary/aromatic N) is 2. The first-order chi connectivity index (χ1) is 19.7. The second-order valence-electron chi connectivity index (χ2n) is 10.8. The van der Waals surface area contributed by atoms with Crippen molar-refractivity contribution in [2.45, 2.75) is 25.9 Å². The van der Waals surface area contributed by atoms with Gasteiger partial charge >= 0.3 is 0 Å². The van der Waals surface area contributed by atoms with Gasteiger partial charge in [0.1, 0.15) is 0 Å². The maximum absolute atomic E-state index is 2.54. The molecular formula is C38H32N2. The highest BCUT2D eigenvalue weighted by atomic mass is 15.4. The Morgan fingerprint density at radius 1 is 0.500 bits per heavy atom. The van der Waals surface area contributed by atoms with E-state index in [2.05, 4.69) is 169 Å². The molecular weight excluding hydrogens is 484 g/mol. The Morgan fingerprint density at radius 2 is 0.975 bits per heavy atom. The summed E-state index contributed by atoms with van der Waals surface area (Å²) in [5, 5.41) is 0. The Bertz CT molecular complexity index is 1660. The van der Waals surface area contributed by atoms with Gasteiger partial charge in [-0.1, -0.05) is 91.0 Å². The summed E-state index contributed by atoms with van der Waals surface area (Å²) in [7, 11) is 0. The summed E-state index contributed by atoms with van der Waals surface area (Å²) in [6.07, 6.45) is 5.74. The molecule has 0 atom stereocenters. The molecule has 5 aromatic rings. The van der Waals surface area contributed by atoms with Crippen molar-refractivity contribution in [2.75, 3.05) is 9.80 Å². The number of allylic oxidation sites excluding steroid dienone is 2. The molecule has 0 saturated heterocycles. The van der Waals surface area contributed by atoms with Gasteiger partial charge in [0.2, 0.25) is 0 Å². The largest absolute Gasteiger partial charge is 0.310 e. The number of rotatable bonds is 6. The van der Waals surface area contributed by atoms with E-state index in [0.717, 1.165) is 29.2 Å². The average molecular weight is 517 g/mol. The molecule has 194 valence electrons. The van der Waals surface area contributed by atoms with Crippen molar-refractivity contribution in [3.8, 4) is 0 Å². The number of hydrogen-bond acceptors (Lipinski definition) is 2. The minimum Gasteiger partial charge on any atom is -0.310 e. The molecule has 2 heteroatoms.